The van der Waals surface area contributed by atoms with E-state index in [0.29, 0.717) is 11.8 Å². The first-order valence-electron chi connectivity index (χ1n) is 5.34. The van der Waals surface area contributed by atoms with Crippen molar-refractivity contribution in [3.8, 4) is 0 Å². The second kappa shape index (κ2) is 3.95. The molecule has 7 nitrogen and oxygen atoms in total. The minimum absolute atomic E-state index is 0.298. The van der Waals surface area contributed by atoms with Crippen molar-refractivity contribution in [2.24, 2.45) is 7.05 Å². The van der Waals surface area contributed by atoms with E-state index in [2.05, 4.69) is 25.5 Å². The number of carbonyl (C=O) groups excluding carboxylic acids is 1. The second-order valence-electron chi connectivity index (χ2n) is 3.77. The minimum Gasteiger partial charge on any atom is -0.323 e. The van der Waals surface area contributed by atoms with Crippen LogP contribution in [0.15, 0.2) is 30.6 Å². The number of aryl methyl sites for hydroxylation is 1. The van der Waals surface area contributed by atoms with Crippen molar-refractivity contribution in [3.63, 3.8) is 0 Å². The number of amides is 1. The van der Waals surface area contributed by atoms with Crippen LogP contribution in [0.2, 0.25) is 0 Å². The highest BCUT2D eigenvalue weighted by atomic mass is 16.2. The molecule has 0 aliphatic carbocycles. The molecule has 2 N–H and O–H groups in total. The molecule has 3 rings (SSSR count). The zero-order valence-electron chi connectivity index (χ0n) is 9.58. The largest absolute Gasteiger partial charge is 0.323 e. The molecule has 0 bridgehead atoms. The number of para-hydroxylation sites is 2. The number of nitrogens with zero attached hydrogens (tertiary/aromatic N) is 4. The van der Waals surface area contributed by atoms with Gasteiger partial charge in [-0.05, 0) is 12.1 Å². The summed E-state index contributed by atoms with van der Waals surface area (Å²) in [6.45, 7) is 0. The highest BCUT2D eigenvalue weighted by Crippen LogP contribution is 2.14. The predicted octanol–water partition coefficient (Wildman–Crippen LogP) is 0.944. The number of aromatic nitrogens is 5. The van der Waals surface area contributed by atoms with Crippen molar-refractivity contribution in [1.29, 1.82) is 0 Å². The molecule has 0 fully saturated rings. The molecular weight excluding hydrogens is 232 g/mol. The minimum atomic E-state index is -0.328. The maximum absolute atomic E-state index is 12.0. The van der Waals surface area contributed by atoms with Crippen LogP contribution in [0.4, 0.5) is 5.95 Å². The van der Waals surface area contributed by atoms with Gasteiger partial charge in [-0.1, -0.05) is 12.1 Å². The van der Waals surface area contributed by atoms with Crippen molar-refractivity contribution < 1.29 is 4.79 Å². The van der Waals surface area contributed by atoms with Crippen molar-refractivity contribution >= 4 is 22.9 Å². The Hall–Kier alpha value is -2.70. The summed E-state index contributed by atoms with van der Waals surface area (Å²) in [5.74, 6) is 0.296. The Bertz CT molecular complexity index is 699. The average Bonchev–Trinajstić information content (AvgIpc) is 2.98. The number of nitrogens with one attached hydrogen (secondary N) is 2. The predicted molar refractivity (Wildman–Crippen MR) is 65.0 cm³/mol. The van der Waals surface area contributed by atoms with Gasteiger partial charge in [-0.15, -0.1) is 0 Å². The number of imidazole rings is 1. The maximum atomic E-state index is 12.0. The SMILES string of the molecule is Cn1c(C(=O)Nc2ncn[nH]2)nc2ccccc21. The quantitative estimate of drug-likeness (QED) is 0.700. The third kappa shape index (κ3) is 1.61. The van der Waals surface area contributed by atoms with Gasteiger partial charge < -0.3 is 4.57 Å². The molecule has 0 unspecified atom stereocenters. The van der Waals surface area contributed by atoms with Crippen molar-refractivity contribution in [2.75, 3.05) is 5.32 Å². The van der Waals surface area contributed by atoms with E-state index in [1.54, 1.807) is 11.6 Å². The molecule has 0 atom stereocenters. The fourth-order valence-electron chi connectivity index (χ4n) is 1.78. The molecule has 0 radical (unpaired) electrons. The summed E-state index contributed by atoms with van der Waals surface area (Å²) in [4.78, 5) is 20.1. The monoisotopic (exact) mass is 242 g/mol. The molecule has 7 heteroatoms. The smallest absolute Gasteiger partial charge is 0.294 e. The van der Waals surface area contributed by atoms with Gasteiger partial charge in [-0.25, -0.2) is 10.1 Å². The highest BCUT2D eigenvalue weighted by Gasteiger charge is 2.15. The van der Waals surface area contributed by atoms with Crippen LogP contribution >= 0.6 is 0 Å². The Morgan fingerprint density at radius 1 is 1.39 bits per heavy atom. The third-order valence-corrected chi connectivity index (χ3v) is 2.64. The van der Waals surface area contributed by atoms with Gasteiger partial charge in [0.15, 0.2) is 5.82 Å². The number of aromatic amines is 1. The van der Waals surface area contributed by atoms with E-state index < -0.39 is 0 Å². The van der Waals surface area contributed by atoms with Gasteiger partial charge in [0.25, 0.3) is 5.91 Å². The average molecular weight is 242 g/mol. The summed E-state index contributed by atoms with van der Waals surface area (Å²) in [7, 11) is 1.80. The normalized spacial score (nSPS) is 10.7. The van der Waals surface area contributed by atoms with Crippen molar-refractivity contribution in [1.82, 2.24) is 24.7 Å². The van der Waals surface area contributed by atoms with E-state index >= 15 is 0 Å². The van der Waals surface area contributed by atoms with E-state index in [4.69, 9.17) is 0 Å². The summed E-state index contributed by atoms with van der Waals surface area (Å²) in [6.07, 6.45) is 1.32. The number of H-pyrrole nitrogens is 1. The topological polar surface area (TPSA) is 88.5 Å². The Morgan fingerprint density at radius 2 is 2.22 bits per heavy atom. The number of benzene rings is 1. The van der Waals surface area contributed by atoms with E-state index in [1.807, 2.05) is 24.3 Å². The van der Waals surface area contributed by atoms with Crippen LogP contribution in [0.25, 0.3) is 11.0 Å². The van der Waals surface area contributed by atoms with E-state index in [-0.39, 0.29) is 5.91 Å². The lowest BCUT2D eigenvalue weighted by molar-refractivity contribution is 0.101. The van der Waals surface area contributed by atoms with Gasteiger partial charge in [0.05, 0.1) is 11.0 Å². The van der Waals surface area contributed by atoms with E-state index in [0.717, 1.165) is 11.0 Å². The lowest BCUT2D eigenvalue weighted by atomic mass is 10.3. The van der Waals surface area contributed by atoms with Crippen LogP contribution in [0.5, 0.6) is 0 Å². The molecule has 1 amide bonds. The molecular formula is C11H10N6O. The van der Waals surface area contributed by atoms with Crippen LogP contribution in [-0.4, -0.2) is 30.6 Å². The Balaban J connectivity index is 1.99. The van der Waals surface area contributed by atoms with Gasteiger partial charge >= 0.3 is 0 Å². The third-order valence-electron chi connectivity index (χ3n) is 2.64. The zero-order valence-corrected chi connectivity index (χ0v) is 9.58. The van der Waals surface area contributed by atoms with Gasteiger partial charge in [-0.3, -0.25) is 10.1 Å². The van der Waals surface area contributed by atoms with Gasteiger partial charge in [0.2, 0.25) is 5.95 Å². The van der Waals surface area contributed by atoms with Crippen LogP contribution in [0, 0.1) is 0 Å². The number of carbonyl (C=O) groups is 1. The van der Waals surface area contributed by atoms with Crippen LogP contribution in [-0.2, 0) is 7.05 Å². The number of rotatable bonds is 2. The van der Waals surface area contributed by atoms with E-state index in [9.17, 15) is 4.79 Å². The molecule has 18 heavy (non-hydrogen) atoms. The summed E-state index contributed by atoms with van der Waals surface area (Å²) in [5.41, 5.74) is 1.68. The Labute approximate surface area is 102 Å². The summed E-state index contributed by atoms with van der Waals surface area (Å²) >= 11 is 0. The van der Waals surface area contributed by atoms with E-state index in [1.165, 1.54) is 6.33 Å². The zero-order chi connectivity index (χ0) is 12.5. The van der Waals surface area contributed by atoms with Gasteiger partial charge in [0, 0.05) is 7.05 Å². The molecule has 1 aromatic carbocycles. The number of hydrogen-bond donors (Lipinski definition) is 2. The molecule has 2 aromatic heterocycles. The lowest BCUT2D eigenvalue weighted by Gasteiger charge is -2.01. The standard InChI is InChI=1S/C11H10N6O/c1-17-8-5-3-2-4-7(8)14-9(17)10(18)15-11-12-6-13-16-11/h2-6H,1H3,(H2,12,13,15,16,18). The van der Waals surface area contributed by atoms with Crippen LogP contribution < -0.4 is 5.32 Å². The van der Waals surface area contributed by atoms with Crippen molar-refractivity contribution in [3.05, 3.63) is 36.4 Å². The highest BCUT2D eigenvalue weighted by molar-refractivity contribution is 6.02. The first-order valence-corrected chi connectivity index (χ1v) is 5.34. The van der Waals surface area contributed by atoms with Crippen LogP contribution in [0.1, 0.15) is 10.6 Å². The Kier molecular flexibility index (Phi) is 2.30. The van der Waals surface area contributed by atoms with Gasteiger partial charge in [-0.2, -0.15) is 10.1 Å². The summed E-state index contributed by atoms with van der Waals surface area (Å²) < 4.78 is 1.74. The molecule has 0 saturated heterocycles. The number of anilines is 1. The molecule has 0 aliphatic heterocycles. The first kappa shape index (κ1) is 10.5. The van der Waals surface area contributed by atoms with Crippen molar-refractivity contribution in [2.45, 2.75) is 0 Å². The Morgan fingerprint density at radius 3 is 2.94 bits per heavy atom. The summed E-state index contributed by atoms with van der Waals surface area (Å²) in [5, 5.41) is 8.81. The fourth-order valence-corrected chi connectivity index (χ4v) is 1.78. The molecule has 3 aromatic rings. The second-order valence-corrected chi connectivity index (χ2v) is 3.77. The first-order chi connectivity index (χ1) is 8.75. The molecule has 2 heterocycles. The fraction of sp³-hybridized carbons (Fsp3) is 0.0909. The summed E-state index contributed by atoms with van der Waals surface area (Å²) in [6, 6.07) is 7.56. The molecule has 0 spiro atoms. The number of hydrogen-bond acceptors (Lipinski definition) is 4. The van der Waals surface area contributed by atoms with Crippen LogP contribution in [0.3, 0.4) is 0 Å². The number of fused-ring (bicyclic) bond motifs is 1. The molecule has 0 saturated carbocycles. The maximum Gasteiger partial charge on any atom is 0.294 e. The van der Waals surface area contributed by atoms with Gasteiger partial charge in [0.1, 0.15) is 6.33 Å². The molecule has 0 aliphatic rings. The lowest BCUT2D eigenvalue weighted by Crippen LogP contribution is -2.17. The molecule has 90 valence electrons.